The molecule has 1 heterocycles. The summed E-state index contributed by atoms with van der Waals surface area (Å²) in [7, 11) is 1.55. The van der Waals surface area contributed by atoms with Crippen LogP contribution in [0.5, 0.6) is 0 Å². The Labute approximate surface area is 123 Å². The molecule has 1 amide bonds. The number of carbonyl (C=O) groups is 2. The molecule has 0 bridgehead atoms. The highest BCUT2D eigenvalue weighted by Crippen LogP contribution is 2.19. The van der Waals surface area contributed by atoms with Crippen LogP contribution >= 0.6 is 0 Å². The van der Waals surface area contributed by atoms with E-state index in [-0.39, 0.29) is 17.3 Å². The Morgan fingerprint density at radius 3 is 2.67 bits per heavy atom. The van der Waals surface area contributed by atoms with Crippen LogP contribution in [-0.2, 0) is 9.53 Å². The number of hydrogen-bond donors (Lipinski definition) is 3. The average Bonchev–Trinajstić information content (AvgIpc) is 2.37. The third-order valence-electron chi connectivity index (χ3n) is 2.91. The number of nitrogens with zero attached hydrogens (tertiary/aromatic N) is 1. The minimum atomic E-state index is -1.07. The second-order valence-corrected chi connectivity index (χ2v) is 4.76. The summed E-state index contributed by atoms with van der Waals surface area (Å²) in [6, 6.07) is 1.09. The van der Waals surface area contributed by atoms with Crippen LogP contribution in [-0.4, -0.2) is 48.3 Å². The van der Waals surface area contributed by atoms with Crippen LogP contribution in [0, 0.1) is 13.8 Å². The quantitative estimate of drug-likeness (QED) is 0.648. The van der Waals surface area contributed by atoms with E-state index in [1.54, 1.807) is 33.9 Å². The molecular formula is C14H21N3O4. The van der Waals surface area contributed by atoms with Gasteiger partial charge in [-0.1, -0.05) is 0 Å². The van der Waals surface area contributed by atoms with E-state index in [0.717, 1.165) is 0 Å². The zero-order valence-electron chi connectivity index (χ0n) is 12.7. The lowest BCUT2D eigenvalue weighted by atomic mass is 10.1. The van der Waals surface area contributed by atoms with Gasteiger partial charge in [0.1, 0.15) is 17.4 Å². The SMILES string of the molecule is COCCNC(=O)C(C)Nc1nc(C)cc(C)c1C(=O)O. The Hall–Kier alpha value is -2.15. The molecule has 0 aliphatic rings. The summed E-state index contributed by atoms with van der Waals surface area (Å²) < 4.78 is 4.85. The van der Waals surface area contributed by atoms with Crippen LogP contribution in [0.15, 0.2) is 6.07 Å². The number of amides is 1. The van der Waals surface area contributed by atoms with Crippen LogP contribution in [0.3, 0.4) is 0 Å². The Morgan fingerprint density at radius 2 is 2.10 bits per heavy atom. The van der Waals surface area contributed by atoms with Crippen molar-refractivity contribution in [3.05, 3.63) is 22.9 Å². The summed E-state index contributed by atoms with van der Waals surface area (Å²) in [5, 5.41) is 14.8. The number of carboxylic acids is 1. The molecule has 1 rings (SSSR count). The number of carbonyl (C=O) groups excluding carboxylic acids is 1. The highest BCUT2D eigenvalue weighted by Gasteiger charge is 2.20. The molecule has 0 aromatic carbocycles. The molecule has 0 spiro atoms. The van der Waals surface area contributed by atoms with Crippen molar-refractivity contribution in [2.24, 2.45) is 0 Å². The molecule has 0 saturated heterocycles. The molecule has 21 heavy (non-hydrogen) atoms. The lowest BCUT2D eigenvalue weighted by molar-refractivity contribution is -0.121. The van der Waals surface area contributed by atoms with Crippen LogP contribution in [0.25, 0.3) is 0 Å². The van der Waals surface area contributed by atoms with Gasteiger partial charge in [0.05, 0.1) is 6.61 Å². The van der Waals surface area contributed by atoms with Crippen LogP contribution in [0.2, 0.25) is 0 Å². The van der Waals surface area contributed by atoms with Gasteiger partial charge in [-0.3, -0.25) is 4.79 Å². The number of aromatic carboxylic acids is 1. The molecule has 0 aliphatic heterocycles. The fourth-order valence-electron chi connectivity index (χ4n) is 1.91. The predicted molar refractivity (Wildman–Crippen MR) is 78.6 cm³/mol. The molecule has 0 saturated carbocycles. The first-order valence-electron chi connectivity index (χ1n) is 6.61. The first-order chi connectivity index (χ1) is 9.86. The number of aromatic nitrogens is 1. The normalized spacial score (nSPS) is 11.8. The van der Waals surface area contributed by atoms with Crippen molar-refractivity contribution in [1.82, 2.24) is 10.3 Å². The summed E-state index contributed by atoms with van der Waals surface area (Å²) in [6.45, 7) is 5.93. The molecule has 1 aromatic rings. The van der Waals surface area contributed by atoms with Gasteiger partial charge in [-0.15, -0.1) is 0 Å². The van der Waals surface area contributed by atoms with Gasteiger partial charge in [0.25, 0.3) is 0 Å². The third kappa shape index (κ3) is 4.71. The first-order valence-corrected chi connectivity index (χ1v) is 6.61. The Bertz CT molecular complexity index is 531. The number of rotatable bonds is 7. The smallest absolute Gasteiger partial charge is 0.339 e. The van der Waals surface area contributed by atoms with Crippen molar-refractivity contribution >= 4 is 17.7 Å². The number of ether oxygens (including phenoxy) is 1. The standard InChI is InChI=1S/C14H21N3O4/c1-8-7-9(2)16-12(11(8)14(19)20)17-10(3)13(18)15-5-6-21-4/h7,10H,5-6H2,1-4H3,(H,15,18)(H,16,17)(H,19,20). The Kier molecular flexibility index (Phi) is 6.10. The average molecular weight is 295 g/mol. The van der Waals surface area contributed by atoms with E-state index in [0.29, 0.717) is 24.4 Å². The van der Waals surface area contributed by atoms with Crippen molar-refractivity contribution in [2.45, 2.75) is 26.8 Å². The van der Waals surface area contributed by atoms with E-state index in [9.17, 15) is 14.7 Å². The highest BCUT2D eigenvalue weighted by atomic mass is 16.5. The van der Waals surface area contributed by atoms with E-state index < -0.39 is 12.0 Å². The summed E-state index contributed by atoms with van der Waals surface area (Å²) in [6.07, 6.45) is 0. The number of carboxylic acid groups (broad SMARTS) is 1. The number of pyridine rings is 1. The molecule has 1 unspecified atom stereocenters. The van der Waals surface area contributed by atoms with Gasteiger partial charge in [0, 0.05) is 19.3 Å². The van der Waals surface area contributed by atoms with Gasteiger partial charge in [0.2, 0.25) is 5.91 Å². The van der Waals surface area contributed by atoms with Crippen LogP contribution in [0.1, 0.15) is 28.5 Å². The number of anilines is 1. The topological polar surface area (TPSA) is 101 Å². The van der Waals surface area contributed by atoms with Crippen LogP contribution < -0.4 is 10.6 Å². The van der Waals surface area contributed by atoms with Gasteiger partial charge < -0.3 is 20.5 Å². The van der Waals surface area contributed by atoms with Gasteiger partial charge in [-0.2, -0.15) is 0 Å². The second kappa shape index (κ2) is 7.58. The summed E-state index contributed by atoms with van der Waals surface area (Å²) >= 11 is 0. The summed E-state index contributed by atoms with van der Waals surface area (Å²) in [4.78, 5) is 27.4. The molecule has 1 aromatic heterocycles. The van der Waals surface area contributed by atoms with Crippen molar-refractivity contribution in [3.8, 4) is 0 Å². The maximum Gasteiger partial charge on any atom is 0.339 e. The maximum atomic E-state index is 11.9. The number of methoxy groups -OCH3 is 1. The predicted octanol–water partition coefficient (Wildman–Crippen LogP) is 0.960. The molecule has 3 N–H and O–H groups in total. The van der Waals surface area contributed by atoms with Crippen molar-refractivity contribution in [3.63, 3.8) is 0 Å². The molecule has 1 atom stereocenters. The van der Waals surface area contributed by atoms with Crippen molar-refractivity contribution < 1.29 is 19.4 Å². The molecule has 7 nitrogen and oxygen atoms in total. The molecule has 0 fully saturated rings. The van der Waals surface area contributed by atoms with Gasteiger partial charge in [-0.25, -0.2) is 9.78 Å². The minimum absolute atomic E-state index is 0.0807. The van der Waals surface area contributed by atoms with Gasteiger partial charge >= 0.3 is 5.97 Å². The maximum absolute atomic E-state index is 11.9. The minimum Gasteiger partial charge on any atom is -0.478 e. The van der Waals surface area contributed by atoms with E-state index in [1.165, 1.54) is 0 Å². The Morgan fingerprint density at radius 1 is 1.43 bits per heavy atom. The van der Waals surface area contributed by atoms with Crippen molar-refractivity contribution in [2.75, 3.05) is 25.6 Å². The van der Waals surface area contributed by atoms with Gasteiger partial charge in [0.15, 0.2) is 0 Å². The molecule has 0 radical (unpaired) electrons. The lowest BCUT2D eigenvalue weighted by Crippen LogP contribution is -2.39. The third-order valence-corrected chi connectivity index (χ3v) is 2.91. The number of aryl methyl sites for hydroxylation is 2. The van der Waals surface area contributed by atoms with E-state index in [1.807, 2.05) is 0 Å². The van der Waals surface area contributed by atoms with E-state index in [2.05, 4.69) is 15.6 Å². The molecule has 116 valence electrons. The molecule has 7 heteroatoms. The first kappa shape index (κ1) is 16.9. The highest BCUT2D eigenvalue weighted by molar-refractivity contribution is 5.96. The zero-order valence-corrected chi connectivity index (χ0v) is 12.7. The number of hydrogen-bond acceptors (Lipinski definition) is 5. The molecule has 0 aliphatic carbocycles. The second-order valence-electron chi connectivity index (χ2n) is 4.76. The van der Waals surface area contributed by atoms with E-state index in [4.69, 9.17) is 4.74 Å². The molecular weight excluding hydrogens is 274 g/mol. The largest absolute Gasteiger partial charge is 0.478 e. The lowest BCUT2D eigenvalue weighted by Gasteiger charge is -2.17. The Balaban J connectivity index is 2.86. The number of nitrogens with one attached hydrogen (secondary N) is 2. The fraction of sp³-hybridized carbons (Fsp3) is 0.500. The van der Waals surface area contributed by atoms with Crippen molar-refractivity contribution in [1.29, 1.82) is 0 Å². The van der Waals surface area contributed by atoms with Crippen LogP contribution in [0.4, 0.5) is 5.82 Å². The summed E-state index contributed by atoms with van der Waals surface area (Å²) in [5.41, 5.74) is 1.37. The zero-order chi connectivity index (χ0) is 16.0. The van der Waals surface area contributed by atoms with E-state index >= 15 is 0 Å². The summed E-state index contributed by atoms with van der Waals surface area (Å²) in [5.74, 6) is -1.12. The fourth-order valence-corrected chi connectivity index (χ4v) is 1.91. The van der Waals surface area contributed by atoms with Gasteiger partial charge in [-0.05, 0) is 32.4 Å². The monoisotopic (exact) mass is 295 g/mol.